The average Bonchev–Trinajstić information content (AvgIpc) is 2.80. The summed E-state index contributed by atoms with van der Waals surface area (Å²) in [5, 5.41) is 2.34. The van der Waals surface area contributed by atoms with Gasteiger partial charge in [0.05, 0.1) is 0 Å². The van der Waals surface area contributed by atoms with Crippen LogP contribution in [0.25, 0.3) is 0 Å². The molecule has 0 heterocycles. The van der Waals surface area contributed by atoms with Crippen LogP contribution < -0.4 is 5.32 Å². The van der Waals surface area contributed by atoms with Crippen LogP contribution in [0.2, 0.25) is 0 Å². The Bertz CT molecular complexity index is 657. The van der Waals surface area contributed by atoms with Gasteiger partial charge >= 0.3 is 0 Å². The molecule has 32 heavy (non-hydrogen) atoms. The third-order valence-corrected chi connectivity index (χ3v) is 5.56. The minimum atomic E-state index is -2.17. The Balaban J connectivity index is 2.77. The number of ether oxygens (including phenoxy) is 3. The van der Waals surface area contributed by atoms with Crippen LogP contribution in [-0.4, -0.2) is 33.3 Å². The van der Waals surface area contributed by atoms with Gasteiger partial charge in [-0.2, -0.15) is 0 Å². The number of halogens is 5. The number of nitrogens with one attached hydrogen (secondary N) is 1. The number of methoxy groups -OCH3 is 2. The average molecular weight is 470 g/mol. The van der Waals surface area contributed by atoms with Crippen molar-refractivity contribution in [1.29, 1.82) is 0 Å². The lowest BCUT2D eigenvalue weighted by atomic mass is 9.92. The van der Waals surface area contributed by atoms with Gasteiger partial charge in [-0.3, -0.25) is 0 Å². The molecule has 186 valence electrons. The van der Waals surface area contributed by atoms with Gasteiger partial charge in [-0.05, 0) is 26.2 Å². The van der Waals surface area contributed by atoms with E-state index < -0.39 is 40.7 Å². The first-order valence-corrected chi connectivity index (χ1v) is 11.3. The van der Waals surface area contributed by atoms with Crippen molar-refractivity contribution in [2.45, 2.75) is 77.6 Å². The Labute approximate surface area is 187 Å². The highest BCUT2D eigenvalue weighted by Gasteiger charge is 2.40. The molecule has 4 nitrogen and oxygen atoms in total. The van der Waals surface area contributed by atoms with Crippen molar-refractivity contribution < 1.29 is 36.2 Å². The topological polar surface area (TPSA) is 39.7 Å². The zero-order chi connectivity index (χ0) is 24.1. The molecule has 0 aliphatic carbocycles. The quantitative estimate of drug-likeness (QED) is 0.0883. The van der Waals surface area contributed by atoms with Gasteiger partial charge in [-0.1, -0.05) is 45.4 Å². The van der Waals surface area contributed by atoms with E-state index in [1.54, 1.807) is 0 Å². The molecule has 1 atom stereocenters. The molecule has 0 aliphatic heterocycles. The van der Waals surface area contributed by atoms with E-state index >= 15 is 0 Å². The highest BCUT2D eigenvalue weighted by molar-refractivity contribution is 5.47. The van der Waals surface area contributed by atoms with Gasteiger partial charge in [0.2, 0.25) is 5.82 Å². The summed E-state index contributed by atoms with van der Waals surface area (Å²) >= 11 is 0. The molecule has 0 spiro atoms. The maximum absolute atomic E-state index is 13.8. The summed E-state index contributed by atoms with van der Waals surface area (Å²) in [6.45, 7) is 4.34. The van der Waals surface area contributed by atoms with Crippen molar-refractivity contribution in [3.05, 3.63) is 29.1 Å². The lowest BCUT2D eigenvalue weighted by molar-refractivity contribution is -0.388. The van der Waals surface area contributed by atoms with Crippen LogP contribution in [0.15, 0.2) is 0 Å². The molecule has 0 aromatic heterocycles. The third kappa shape index (κ3) is 7.56. The maximum atomic E-state index is 13.8. The summed E-state index contributed by atoms with van der Waals surface area (Å²) in [6, 6.07) is 0. The summed E-state index contributed by atoms with van der Waals surface area (Å²) < 4.78 is 84.5. The van der Waals surface area contributed by atoms with Crippen LogP contribution in [0.5, 0.6) is 0 Å². The van der Waals surface area contributed by atoms with Crippen LogP contribution in [0, 0.1) is 35.0 Å². The number of rotatable bonds is 17. The third-order valence-electron chi connectivity index (χ3n) is 5.56. The van der Waals surface area contributed by atoms with E-state index in [2.05, 4.69) is 12.2 Å². The second-order valence-corrected chi connectivity index (χ2v) is 7.71. The fourth-order valence-electron chi connectivity index (χ4n) is 3.84. The lowest BCUT2D eigenvalue weighted by Gasteiger charge is -2.37. The van der Waals surface area contributed by atoms with E-state index in [-0.39, 0.29) is 12.5 Å². The number of hydrogen-bond donors (Lipinski definition) is 1. The maximum Gasteiger partial charge on any atom is 0.285 e. The van der Waals surface area contributed by atoms with Crippen molar-refractivity contribution in [2.24, 2.45) is 5.92 Å². The smallest absolute Gasteiger partial charge is 0.285 e. The highest BCUT2D eigenvalue weighted by atomic mass is 19.2. The molecule has 1 aromatic rings. The van der Waals surface area contributed by atoms with E-state index in [1.165, 1.54) is 33.5 Å². The Hall–Kier alpha value is -1.45. The van der Waals surface area contributed by atoms with Crippen LogP contribution in [0.3, 0.4) is 0 Å². The number of benzene rings is 1. The van der Waals surface area contributed by atoms with Gasteiger partial charge in [-0.15, -0.1) is 0 Å². The van der Waals surface area contributed by atoms with Crippen LogP contribution in [-0.2, 0) is 14.2 Å². The predicted octanol–water partition coefficient (Wildman–Crippen LogP) is 6.92. The van der Waals surface area contributed by atoms with Crippen LogP contribution in [0.4, 0.5) is 27.6 Å². The Kier molecular flexibility index (Phi) is 13.1. The summed E-state index contributed by atoms with van der Waals surface area (Å²) in [7, 11) is 2.97. The Morgan fingerprint density at radius 3 is 1.75 bits per heavy atom. The zero-order valence-corrected chi connectivity index (χ0v) is 19.5. The summed E-state index contributed by atoms with van der Waals surface area (Å²) in [5.74, 6) is -11.3. The first-order valence-electron chi connectivity index (χ1n) is 11.3. The first-order chi connectivity index (χ1) is 15.3. The highest BCUT2D eigenvalue weighted by Crippen LogP contribution is 2.33. The van der Waals surface area contributed by atoms with E-state index in [4.69, 9.17) is 14.2 Å². The normalized spacial score (nSPS) is 12.9. The largest absolute Gasteiger partial charge is 0.380 e. The van der Waals surface area contributed by atoms with Gasteiger partial charge in [0.1, 0.15) is 5.69 Å². The van der Waals surface area contributed by atoms with Gasteiger partial charge < -0.3 is 19.5 Å². The molecule has 0 amide bonds. The van der Waals surface area contributed by atoms with Crippen molar-refractivity contribution in [2.75, 3.05) is 32.7 Å². The van der Waals surface area contributed by atoms with Gasteiger partial charge in [0, 0.05) is 33.3 Å². The SMILES string of the molecule is CCCCCCCCC(CCCNc1c(F)c(F)c(F)c(F)c1F)C(OC)(OC)OCC. The standard InChI is InChI=1S/C23H36F5NO3/c1-5-7-8-9-10-11-13-16(23(30-3,31-4)32-6-2)14-12-15-29-22-20(27)18(25)17(24)19(26)21(22)28/h16,29H,5-15H2,1-4H3. The lowest BCUT2D eigenvalue weighted by Crippen LogP contribution is -2.45. The summed E-state index contributed by atoms with van der Waals surface area (Å²) in [6.07, 6.45) is 8.28. The van der Waals surface area contributed by atoms with Crippen molar-refractivity contribution >= 4 is 5.69 Å². The molecule has 0 fully saturated rings. The predicted molar refractivity (Wildman–Crippen MR) is 114 cm³/mol. The molecule has 0 radical (unpaired) electrons. The molecule has 1 unspecified atom stereocenters. The summed E-state index contributed by atoms with van der Waals surface area (Å²) in [4.78, 5) is 0. The van der Waals surface area contributed by atoms with Crippen LogP contribution in [0.1, 0.15) is 71.6 Å². The molecule has 9 heteroatoms. The van der Waals surface area contributed by atoms with E-state index in [0.717, 1.165) is 25.7 Å². The van der Waals surface area contributed by atoms with Crippen molar-refractivity contribution in [1.82, 2.24) is 0 Å². The zero-order valence-electron chi connectivity index (χ0n) is 19.5. The summed E-state index contributed by atoms with van der Waals surface area (Å²) in [5.41, 5.74) is -1.02. The molecule has 0 aliphatic rings. The molecule has 0 saturated heterocycles. The second-order valence-electron chi connectivity index (χ2n) is 7.71. The molecule has 0 saturated carbocycles. The van der Waals surface area contributed by atoms with Gasteiger partial charge in [-0.25, -0.2) is 22.0 Å². The van der Waals surface area contributed by atoms with Crippen molar-refractivity contribution in [3.63, 3.8) is 0 Å². The van der Waals surface area contributed by atoms with Gasteiger partial charge in [0.25, 0.3) is 5.97 Å². The fourth-order valence-corrected chi connectivity index (χ4v) is 3.84. The minimum Gasteiger partial charge on any atom is -0.380 e. The van der Waals surface area contributed by atoms with Crippen LogP contribution >= 0.6 is 0 Å². The molecule has 1 N–H and O–H groups in total. The van der Waals surface area contributed by atoms with E-state index in [0.29, 0.717) is 19.4 Å². The van der Waals surface area contributed by atoms with Crippen molar-refractivity contribution in [3.8, 4) is 0 Å². The molecular formula is C23H36F5NO3. The number of anilines is 1. The Morgan fingerprint density at radius 2 is 1.22 bits per heavy atom. The first kappa shape index (κ1) is 28.6. The monoisotopic (exact) mass is 469 g/mol. The van der Waals surface area contributed by atoms with E-state index in [1.807, 2.05) is 6.92 Å². The number of unbranched alkanes of at least 4 members (excludes halogenated alkanes) is 5. The second kappa shape index (κ2) is 14.6. The van der Waals surface area contributed by atoms with E-state index in [9.17, 15) is 22.0 Å². The molecule has 1 aromatic carbocycles. The molecule has 0 bridgehead atoms. The van der Waals surface area contributed by atoms with Gasteiger partial charge in [0.15, 0.2) is 23.3 Å². The minimum absolute atomic E-state index is 0.000978. The molecule has 1 rings (SSSR count). The number of hydrogen-bond acceptors (Lipinski definition) is 4. The fraction of sp³-hybridized carbons (Fsp3) is 0.739. The molecular weight excluding hydrogens is 433 g/mol. The Morgan fingerprint density at radius 1 is 0.719 bits per heavy atom.